The fraction of sp³-hybridized carbons (Fsp3) is 0.381. The number of hydrogen-bond acceptors (Lipinski definition) is 3. The van der Waals surface area contributed by atoms with Crippen molar-refractivity contribution >= 4 is 30.0 Å². The van der Waals surface area contributed by atoms with E-state index in [-0.39, 0.29) is 5.69 Å². The largest absolute Gasteiger partial charge is 0.494 e. The highest BCUT2D eigenvalue weighted by molar-refractivity contribution is 6.62. The Labute approximate surface area is 174 Å². The third kappa shape index (κ3) is 4.62. The van der Waals surface area contributed by atoms with Crippen LogP contribution in [-0.2, 0) is 15.5 Å². The summed E-state index contributed by atoms with van der Waals surface area (Å²) < 4.78 is 50.7. The Morgan fingerprint density at radius 2 is 1.50 bits per heavy atom. The molecule has 0 atom stereocenters. The summed E-state index contributed by atoms with van der Waals surface area (Å²) in [5.74, 6) is 0. The molecule has 0 unspecified atom stereocenters. The second kappa shape index (κ2) is 7.63. The van der Waals surface area contributed by atoms with Crippen molar-refractivity contribution in [3.05, 3.63) is 53.6 Å². The van der Waals surface area contributed by atoms with Crippen LogP contribution >= 0.6 is 0 Å². The predicted molar refractivity (Wildman–Crippen MR) is 111 cm³/mol. The van der Waals surface area contributed by atoms with Crippen LogP contribution in [0.5, 0.6) is 0 Å². The Kier molecular flexibility index (Phi) is 5.64. The van der Waals surface area contributed by atoms with Gasteiger partial charge in [0.2, 0.25) is 0 Å². The third-order valence-electron chi connectivity index (χ3n) is 5.51. The Morgan fingerprint density at radius 1 is 0.933 bits per heavy atom. The molecule has 5 nitrogen and oxygen atoms in total. The molecule has 2 N–H and O–H groups in total. The smallest absolute Gasteiger partial charge is 0.399 e. The van der Waals surface area contributed by atoms with Gasteiger partial charge in [0.05, 0.1) is 16.8 Å². The maximum Gasteiger partial charge on any atom is 0.494 e. The highest BCUT2D eigenvalue weighted by Gasteiger charge is 2.51. The van der Waals surface area contributed by atoms with Crippen LogP contribution in [0.1, 0.15) is 38.8 Å². The van der Waals surface area contributed by atoms with E-state index in [1.54, 1.807) is 31.2 Å². The van der Waals surface area contributed by atoms with Crippen LogP contribution in [0.25, 0.3) is 0 Å². The first kappa shape index (κ1) is 22.2. The van der Waals surface area contributed by atoms with Crippen molar-refractivity contribution < 1.29 is 27.3 Å². The summed E-state index contributed by atoms with van der Waals surface area (Å²) in [5, 5.41) is 5.08. The molecule has 0 spiro atoms. The second-order valence-corrected chi connectivity index (χ2v) is 8.32. The molecule has 0 saturated carbocycles. The topological polar surface area (TPSA) is 59.6 Å². The zero-order valence-electron chi connectivity index (χ0n) is 17.5. The molecular weight excluding hydrogens is 396 g/mol. The van der Waals surface area contributed by atoms with Crippen LogP contribution in [0.3, 0.4) is 0 Å². The Bertz CT molecular complexity index is 928. The third-order valence-corrected chi connectivity index (χ3v) is 5.51. The molecule has 30 heavy (non-hydrogen) atoms. The van der Waals surface area contributed by atoms with Crippen molar-refractivity contribution in [2.45, 2.75) is 52.0 Å². The maximum absolute atomic E-state index is 12.9. The summed E-state index contributed by atoms with van der Waals surface area (Å²) in [6.07, 6.45) is -4.48. The van der Waals surface area contributed by atoms with Crippen LogP contribution in [-0.4, -0.2) is 24.4 Å². The summed E-state index contributed by atoms with van der Waals surface area (Å²) in [7, 11) is -0.523. The molecule has 1 aliphatic rings. The molecule has 0 aliphatic carbocycles. The number of carbonyl (C=O) groups is 1. The van der Waals surface area contributed by atoms with Gasteiger partial charge in [0.15, 0.2) is 0 Å². The van der Waals surface area contributed by atoms with E-state index in [1.165, 1.54) is 6.07 Å². The number of anilines is 2. The van der Waals surface area contributed by atoms with Gasteiger partial charge in [-0.3, -0.25) is 0 Å². The average Bonchev–Trinajstić information content (AvgIpc) is 2.84. The van der Waals surface area contributed by atoms with Crippen LogP contribution < -0.4 is 16.1 Å². The normalized spacial score (nSPS) is 17.7. The van der Waals surface area contributed by atoms with Crippen LogP contribution in [0, 0.1) is 6.92 Å². The fourth-order valence-corrected chi connectivity index (χ4v) is 2.92. The van der Waals surface area contributed by atoms with E-state index in [1.807, 2.05) is 27.7 Å². The zero-order valence-corrected chi connectivity index (χ0v) is 17.5. The first-order valence-corrected chi connectivity index (χ1v) is 9.50. The number of aryl methyl sites for hydroxylation is 1. The first-order chi connectivity index (χ1) is 13.8. The summed E-state index contributed by atoms with van der Waals surface area (Å²) in [6.45, 7) is 9.47. The number of halogens is 3. The Morgan fingerprint density at radius 3 is 2.03 bits per heavy atom. The van der Waals surface area contributed by atoms with E-state index in [9.17, 15) is 18.0 Å². The highest BCUT2D eigenvalue weighted by Crippen LogP contribution is 2.36. The summed E-state index contributed by atoms with van der Waals surface area (Å²) >= 11 is 0. The Hall–Kier alpha value is -2.52. The molecule has 1 heterocycles. The van der Waals surface area contributed by atoms with Crippen LogP contribution in [0.15, 0.2) is 42.5 Å². The van der Waals surface area contributed by atoms with E-state index >= 15 is 0 Å². The number of alkyl halides is 3. The molecule has 9 heteroatoms. The molecular formula is C21H24BF3N2O3. The van der Waals surface area contributed by atoms with E-state index in [0.717, 1.165) is 17.6 Å². The molecule has 160 valence electrons. The van der Waals surface area contributed by atoms with Gasteiger partial charge in [0, 0.05) is 11.4 Å². The molecule has 0 bridgehead atoms. The van der Waals surface area contributed by atoms with Crippen molar-refractivity contribution in [1.82, 2.24) is 0 Å². The lowest BCUT2D eigenvalue weighted by atomic mass is 9.79. The minimum atomic E-state index is -4.48. The monoisotopic (exact) mass is 420 g/mol. The second-order valence-electron chi connectivity index (χ2n) is 8.32. The van der Waals surface area contributed by atoms with Gasteiger partial charge in [0.1, 0.15) is 0 Å². The van der Waals surface area contributed by atoms with Crippen molar-refractivity contribution in [2.24, 2.45) is 0 Å². The molecule has 2 aromatic rings. The standard InChI is InChI=1S/C21H24BF3N2O3/c1-13-6-7-14(21(23,24)25)12-17(13)27-18(28)26-16-10-8-15(9-11-16)22-29-19(2,3)20(4,5)30-22/h6-12H,1-5H3,(H2,26,27,28). The van der Waals surface area contributed by atoms with Gasteiger partial charge in [-0.15, -0.1) is 0 Å². The number of nitrogens with one attached hydrogen (secondary N) is 2. The fourth-order valence-electron chi connectivity index (χ4n) is 2.92. The number of rotatable bonds is 3. The number of amides is 2. The van der Waals surface area contributed by atoms with Gasteiger partial charge in [-0.25, -0.2) is 4.79 Å². The molecule has 2 amide bonds. The van der Waals surface area contributed by atoms with Crippen molar-refractivity contribution in [3.63, 3.8) is 0 Å². The SMILES string of the molecule is Cc1ccc(C(F)(F)F)cc1NC(=O)Nc1ccc(B2OC(C)(C)C(C)(C)O2)cc1. The maximum atomic E-state index is 12.9. The number of benzene rings is 2. The molecule has 1 saturated heterocycles. The molecule has 2 aromatic carbocycles. The van der Waals surface area contributed by atoms with Gasteiger partial charge >= 0.3 is 19.3 Å². The Balaban J connectivity index is 1.66. The number of hydrogen-bond donors (Lipinski definition) is 2. The van der Waals surface area contributed by atoms with Gasteiger partial charge in [-0.05, 0) is 69.9 Å². The first-order valence-electron chi connectivity index (χ1n) is 9.50. The minimum Gasteiger partial charge on any atom is -0.399 e. The quantitative estimate of drug-likeness (QED) is 0.691. The summed E-state index contributed by atoms with van der Waals surface area (Å²) in [4.78, 5) is 12.3. The van der Waals surface area contributed by atoms with Crippen LogP contribution in [0.4, 0.5) is 29.3 Å². The lowest BCUT2D eigenvalue weighted by molar-refractivity contribution is -0.137. The van der Waals surface area contributed by atoms with E-state index in [0.29, 0.717) is 11.3 Å². The molecule has 0 radical (unpaired) electrons. The predicted octanol–water partition coefficient (Wildman–Crippen LogP) is 4.96. The number of urea groups is 1. The van der Waals surface area contributed by atoms with Gasteiger partial charge in [0.25, 0.3) is 0 Å². The molecule has 0 aromatic heterocycles. The van der Waals surface area contributed by atoms with Gasteiger partial charge < -0.3 is 19.9 Å². The van der Waals surface area contributed by atoms with Gasteiger partial charge in [-0.2, -0.15) is 13.2 Å². The van der Waals surface area contributed by atoms with Crippen molar-refractivity contribution in [2.75, 3.05) is 10.6 Å². The molecule has 1 aliphatic heterocycles. The van der Waals surface area contributed by atoms with Gasteiger partial charge in [-0.1, -0.05) is 18.2 Å². The van der Waals surface area contributed by atoms with Crippen LogP contribution in [0.2, 0.25) is 0 Å². The number of carbonyl (C=O) groups excluding carboxylic acids is 1. The van der Waals surface area contributed by atoms with E-state index in [4.69, 9.17) is 9.31 Å². The molecule has 3 rings (SSSR count). The van der Waals surface area contributed by atoms with Crippen molar-refractivity contribution in [1.29, 1.82) is 0 Å². The minimum absolute atomic E-state index is 0.0937. The molecule has 1 fully saturated rings. The lowest BCUT2D eigenvalue weighted by Gasteiger charge is -2.32. The average molecular weight is 420 g/mol. The van der Waals surface area contributed by atoms with E-state index in [2.05, 4.69) is 10.6 Å². The summed E-state index contributed by atoms with van der Waals surface area (Å²) in [5.41, 5.74) is 0.153. The lowest BCUT2D eigenvalue weighted by Crippen LogP contribution is -2.41. The van der Waals surface area contributed by atoms with E-state index < -0.39 is 36.1 Å². The zero-order chi connectivity index (χ0) is 22.3. The van der Waals surface area contributed by atoms with Crippen molar-refractivity contribution in [3.8, 4) is 0 Å². The summed E-state index contributed by atoms with van der Waals surface area (Å²) in [6, 6.07) is 9.47. The highest BCUT2D eigenvalue weighted by atomic mass is 19.4.